The molecule has 130 valence electrons. The fourth-order valence-corrected chi connectivity index (χ4v) is 2.76. The first-order chi connectivity index (χ1) is 12.7. The molecular weight excluding hydrogens is 328 g/mol. The summed E-state index contributed by atoms with van der Waals surface area (Å²) in [6.07, 6.45) is 0.974. The standard InChI is InChI=1S/C19H18N6O/c1-3-13-8-10-14(11-9-13)25-17(20)16(22-24-25)19-21-18(23-26-19)15-7-5-4-6-12(15)2/h4-11H,3,20H2,1-2H3. The number of hydrogen-bond acceptors (Lipinski definition) is 6. The minimum Gasteiger partial charge on any atom is -0.382 e. The lowest BCUT2D eigenvalue weighted by atomic mass is 10.1. The summed E-state index contributed by atoms with van der Waals surface area (Å²) in [5.41, 5.74) is 10.6. The number of hydrogen-bond donors (Lipinski definition) is 1. The molecule has 0 bridgehead atoms. The lowest BCUT2D eigenvalue weighted by Gasteiger charge is -2.03. The van der Waals surface area contributed by atoms with Crippen LogP contribution < -0.4 is 5.73 Å². The van der Waals surface area contributed by atoms with E-state index in [4.69, 9.17) is 10.3 Å². The number of aromatic nitrogens is 5. The zero-order chi connectivity index (χ0) is 18.1. The molecule has 2 aromatic carbocycles. The molecule has 0 unspecified atom stereocenters. The highest BCUT2D eigenvalue weighted by Gasteiger charge is 2.20. The number of anilines is 1. The number of nitrogens with zero attached hydrogens (tertiary/aromatic N) is 5. The summed E-state index contributed by atoms with van der Waals surface area (Å²) in [6, 6.07) is 15.8. The van der Waals surface area contributed by atoms with Crippen molar-refractivity contribution in [3.05, 3.63) is 59.7 Å². The van der Waals surface area contributed by atoms with Crippen molar-refractivity contribution in [3.8, 4) is 28.7 Å². The van der Waals surface area contributed by atoms with Gasteiger partial charge >= 0.3 is 0 Å². The van der Waals surface area contributed by atoms with Crippen LogP contribution in [0.4, 0.5) is 5.82 Å². The number of nitrogen functional groups attached to an aromatic ring is 1. The summed E-state index contributed by atoms with van der Waals surface area (Å²) in [5, 5.41) is 12.3. The molecular formula is C19H18N6O. The Morgan fingerprint density at radius 2 is 1.85 bits per heavy atom. The topological polar surface area (TPSA) is 95.6 Å². The van der Waals surface area contributed by atoms with Gasteiger partial charge in [0.05, 0.1) is 5.69 Å². The first kappa shape index (κ1) is 16.0. The number of benzene rings is 2. The Kier molecular flexibility index (Phi) is 3.96. The van der Waals surface area contributed by atoms with Gasteiger partial charge in [-0.2, -0.15) is 9.67 Å². The maximum atomic E-state index is 6.23. The minimum absolute atomic E-state index is 0.247. The lowest BCUT2D eigenvalue weighted by molar-refractivity contribution is 0.431. The molecule has 0 saturated heterocycles. The third-order valence-corrected chi connectivity index (χ3v) is 4.31. The smallest absolute Gasteiger partial charge is 0.282 e. The quantitative estimate of drug-likeness (QED) is 0.608. The fraction of sp³-hybridized carbons (Fsp3) is 0.158. The van der Waals surface area contributed by atoms with E-state index in [1.165, 1.54) is 5.56 Å². The van der Waals surface area contributed by atoms with Crippen LogP contribution in [-0.2, 0) is 6.42 Å². The molecule has 0 aliphatic heterocycles. The van der Waals surface area contributed by atoms with Gasteiger partial charge in [-0.1, -0.05) is 53.7 Å². The Balaban J connectivity index is 1.69. The molecule has 0 aliphatic rings. The lowest BCUT2D eigenvalue weighted by Crippen LogP contribution is -2.02. The molecule has 4 rings (SSSR count). The molecule has 0 aliphatic carbocycles. The first-order valence-corrected chi connectivity index (χ1v) is 8.38. The molecule has 2 heterocycles. The van der Waals surface area contributed by atoms with Crippen LogP contribution in [0.5, 0.6) is 0 Å². The van der Waals surface area contributed by atoms with E-state index in [1.807, 2.05) is 55.5 Å². The summed E-state index contributed by atoms with van der Waals surface area (Å²) >= 11 is 0. The normalized spacial score (nSPS) is 11.0. The second-order valence-electron chi connectivity index (χ2n) is 5.99. The molecule has 0 saturated carbocycles. The van der Waals surface area contributed by atoms with Gasteiger partial charge in [0.15, 0.2) is 11.5 Å². The summed E-state index contributed by atoms with van der Waals surface area (Å²) in [6.45, 7) is 4.11. The molecule has 7 heteroatoms. The van der Waals surface area contributed by atoms with Gasteiger partial charge in [0, 0.05) is 5.56 Å². The Morgan fingerprint density at radius 3 is 2.58 bits per heavy atom. The fourth-order valence-electron chi connectivity index (χ4n) is 2.76. The van der Waals surface area contributed by atoms with E-state index in [-0.39, 0.29) is 5.89 Å². The largest absolute Gasteiger partial charge is 0.382 e. The van der Waals surface area contributed by atoms with Crippen LogP contribution in [0.3, 0.4) is 0 Å². The molecule has 0 fully saturated rings. The maximum absolute atomic E-state index is 6.23. The predicted molar refractivity (Wildman–Crippen MR) is 98.6 cm³/mol. The Labute approximate surface area is 150 Å². The van der Waals surface area contributed by atoms with Gasteiger partial charge in [-0.3, -0.25) is 0 Å². The molecule has 0 amide bonds. The molecule has 0 radical (unpaired) electrons. The van der Waals surface area contributed by atoms with Crippen LogP contribution in [0.2, 0.25) is 0 Å². The summed E-state index contributed by atoms with van der Waals surface area (Å²) in [7, 11) is 0. The van der Waals surface area contributed by atoms with Crippen LogP contribution in [0.1, 0.15) is 18.1 Å². The average molecular weight is 346 g/mol. The van der Waals surface area contributed by atoms with Crippen molar-refractivity contribution >= 4 is 5.82 Å². The third kappa shape index (κ3) is 2.73. The van der Waals surface area contributed by atoms with E-state index in [2.05, 4.69) is 27.4 Å². The van der Waals surface area contributed by atoms with Gasteiger partial charge < -0.3 is 10.3 Å². The minimum atomic E-state index is 0.247. The third-order valence-electron chi connectivity index (χ3n) is 4.31. The summed E-state index contributed by atoms with van der Waals surface area (Å²) in [5.74, 6) is 1.10. The molecule has 2 N–H and O–H groups in total. The first-order valence-electron chi connectivity index (χ1n) is 8.38. The molecule has 2 aromatic heterocycles. The second kappa shape index (κ2) is 6.44. The Bertz CT molecular complexity index is 1050. The van der Waals surface area contributed by atoms with Gasteiger partial charge in [0.25, 0.3) is 5.89 Å². The number of nitrogens with two attached hydrogens (primary N) is 1. The van der Waals surface area contributed by atoms with Gasteiger partial charge in [0.2, 0.25) is 5.82 Å². The van der Waals surface area contributed by atoms with E-state index in [9.17, 15) is 0 Å². The highest BCUT2D eigenvalue weighted by molar-refractivity contribution is 5.67. The number of rotatable bonds is 4. The van der Waals surface area contributed by atoms with Crippen LogP contribution in [0, 0.1) is 6.92 Å². The van der Waals surface area contributed by atoms with E-state index in [1.54, 1.807) is 4.68 Å². The molecule has 0 atom stereocenters. The van der Waals surface area contributed by atoms with E-state index in [0.717, 1.165) is 23.2 Å². The van der Waals surface area contributed by atoms with E-state index < -0.39 is 0 Å². The van der Waals surface area contributed by atoms with Crippen LogP contribution in [0.25, 0.3) is 28.7 Å². The molecule has 26 heavy (non-hydrogen) atoms. The van der Waals surface area contributed by atoms with Crippen molar-refractivity contribution in [2.24, 2.45) is 0 Å². The molecule has 0 spiro atoms. The highest BCUT2D eigenvalue weighted by atomic mass is 16.5. The van der Waals surface area contributed by atoms with Crippen molar-refractivity contribution in [1.29, 1.82) is 0 Å². The highest BCUT2D eigenvalue weighted by Crippen LogP contribution is 2.27. The van der Waals surface area contributed by atoms with Gasteiger partial charge in [0.1, 0.15) is 0 Å². The average Bonchev–Trinajstić information content (AvgIpc) is 3.29. The summed E-state index contributed by atoms with van der Waals surface area (Å²) in [4.78, 5) is 4.43. The van der Waals surface area contributed by atoms with Crippen molar-refractivity contribution < 1.29 is 4.52 Å². The van der Waals surface area contributed by atoms with Crippen LogP contribution >= 0.6 is 0 Å². The second-order valence-corrected chi connectivity index (χ2v) is 5.99. The van der Waals surface area contributed by atoms with Crippen molar-refractivity contribution in [3.63, 3.8) is 0 Å². The van der Waals surface area contributed by atoms with E-state index >= 15 is 0 Å². The zero-order valence-corrected chi connectivity index (χ0v) is 14.5. The Morgan fingerprint density at radius 1 is 1.08 bits per heavy atom. The van der Waals surface area contributed by atoms with Gasteiger partial charge in [-0.15, -0.1) is 5.10 Å². The summed E-state index contributed by atoms with van der Waals surface area (Å²) < 4.78 is 6.93. The maximum Gasteiger partial charge on any atom is 0.282 e. The zero-order valence-electron chi connectivity index (χ0n) is 14.5. The van der Waals surface area contributed by atoms with Crippen molar-refractivity contribution in [2.45, 2.75) is 20.3 Å². The Hall–Kier alpha value is -3.48. The SMILES string of the molecule is CCc1ccc(-n2nnc(-c3nc(-c4ccccc4C)no3)c2N)cc1. The number of aryl methyl sites for hydroxylation is 2. The van der Waals surface area contributed by atoms with Crippen LogP contribution in [0.15, 0.2) is 53.1 Å². The molecule has 4 aromatic rings. The van der Waals surface area contributed by atoms with Crippen molar-refractivity contribution in [2.75, 3.05) is 5.73 Å². The monoisotopic (exact) mass is 346 g/mol. The van der Waals surface area contributed by atoms with Gasteiger partial charge in [-0.25, -0.2) is 0 Å². The predicted octanol–water partition coefficient (Wildman–Crippen LogP) is 3.44. The van der Waals surface area contributed by atoms with Crippen molar-refractivity contribution in [1.82, 2.24) is 25.1 Å². The van der Waals surface area contributed by atoms with Crippen LogP contribution in [-0.4, -0.2) is 25.1 Å². The molecule has 7 nitrogen and oxygen atoms in total. The van der Waals surface area contributed by atoms with E-state index in [0.29, 0.717) is 17.3 Å². The van der Waals surface area contributed by atoms with Gasteiger partial charge in [-0.05, 0) is 36.6 Å².